The van der Waals surface area contributed by atoms with Crippen molar-refractivity contribution in [2.45, 2.75) is 55.4 Å². The van der Waals surface area contributed by atoms with Crippen LogP contribution in [0.4, 0.5) is 0 Å². The van der Waals surface area contributed by atoms with E-state index in [1.54, 1.807) is 12.1 Å². The van der Waals surface area contributed by atoms with Crippen LogP contribution in [-0.4, -0.2) is 36.2 Å². The molecule has 162 valence electrons. The van der Waals surface area contributed by atoms with E-state index in [1.165, 1.54) is 18.3 Å². The minimum Gasteiger partial charge on any atom is -0.381 e. The van der Waals surface area contributed by atoms with Crippen molar-refractivity contribution in [1.29, 1.82) is 5.26 Å². The van der Waals surface area contributed by atoms with Gasteiger partial charge < -0.3 is 9.30 Å². The first-order chi connectivity index (χ1) is 14.7. The molecular formula is C23H26N4O3S. The Morgan fingerprint density at radius 3 is 2.48 bits per heavy atom. The molecule has 0 bridgehead atoms. The van der Waals surface area contributed by atoms with E-state index >= 15 is 0 Å². The molecule has 0 aliphatic carbocycles. The molecule has 1 saturated heterocycles. The lowest BCUT2D eigenvalue weighted by Crippen LogP contribution is -2.25. The highest BCUT2D eigenvalue weighted by Gasteiger charge is 2.27. The maximum Gasteiger partial charge on any atom is 0.208 e. The molecule has 0 spiro atoms. The summed E-state index contributed by atoms with van der Waals surface area (Å²) < 4.78 is 34.0. The van der Waals surface area contributed by atoms with Crippen LogP contribution in [0.15, 0.2) is 46.3 Å². The number of hydrogen-bond acceptors (Lipinski definition) is 6. The number of aromatic nitrogens is 3. The number of imidazole rings is 1. The molecule has 0 N–H and O–H groups in total. The van der Waals surface area contributed by atoms with Gasteiger partial charge in [-0.2, -0.15) is 5.26 Å². The van der Waals surface area contributed by atoms with E-state index in [-0.39, 0.29) is 20.9 Å². The Hall–Kier alpha value is -2.76. The number of pyridine rings is 1. The van der Waals surface area contributed by atoms with Gasteiger partial charge in [-0.25, -0.2) is 18.4 Å². The lowest BCUT2D eigenvalue weighted by atomic mass is 9.94. The van der Waals surface area contributed by atoms with Crippen LogP contribution in [0.2, 0.25) is 0 Å². The average molecular weight is 439 g/mol. The van der Waals surface area contributed by atoms with E-state index in [9.17, 15) is 8.42 Å². The number of nitrogens with zero attached hydrogens (tertiary/aromatic N) is 4. The minimum absolute atomic E-state index is 0.0588. The molecule has 0 unspecified atom stereocenters. The smallest absolute Gasteiger partial charge is 0.208 e. The van der Waals surface area contributed by atoms with E-state index < -0.39 is 9.84 Å². The van der Waals surface area contributed by atoms with Crippen molar-refractivity contribution < 1.29 is 13.2 Å². The number of fused-ring (bicyclic) bond motifs is 1. The van der Waals surface area contributed by atoms with Crippen LogP contribution in [0.25, 0.3) is 11.0 Å². The quantitative estimate of drug-likeness (QED) is 0.613. The lowest BCUT2D eigenvalue weighted by molar-refractivity contribution is 0.0611. The maximum absolute atomic E-state index is 13.1. The van der Waals surface area contributed by atoms with Gasteiger partial charge in [-0.3, -0.25) is 0 Å². The topological polar surface area (TPSA) is 97.9 Å². The Morgan fingerprint density at radius 2 is 1.87 bits per heavy atom. The van der Waals surface area contributed by atoms with Crippen LogP contribution in [0.1, 0.15) is 45.1 Å². The first kappa shape index (κ1) is 21.5. The maximum atomic E-state index is 13.1. The lowest BCUT2D eigenvalue weighted by Gasteiger charge is -2.26. The molecule has 31 heavy (non-hydrogen) atoms. The molecule has 1 aliphatic heterocycles. The van der Waals surface area contributed by atoms with Crippen molar-refractivity contribution >= 4 is 20.9 Å². The van der Waals surface area contributed by atoms with Crippen LogP contribution in [0.5, 0.6) is 0 Å². The van der Waals surface area contributed by atoms with Gasteiger partial charge in [-0.05, 0) is 49.1 Å². The largest absolute Gasteiger partial charge is 0.381 e. The normalized spacial score (nSPS) is 15.8. The summed E-state index contributed by atoms with van der Waals surface area (Å²) in [4.78, 5) is 8.98. The molecule has 3 heterocycles. The van der Waals surface area contributed by atoms with E-state index in [0.717, 1.165) is 43.9 Å². The summed E-state index contributed by atoms with van der Waals surface area (Å²) in [6.45, 7) is 8.77. The standard InChI is InChI=1S/C23H26N4O3S/c1-23(2,3)22-26-20-12-18(31(28,29)19-5-4-17(13-24)25-14-19)6-7-21(20)27(22)15-16-8-10-30-11-9-16/h4-7,12,14,16H,8-11,15H2,1-3H3. The molecule has 7 nitrogen and oxygen atoms in total. The molecular weight excluding hydrogens is 412 g/mol. The van der Waals surface area contributed by atoms with Crippen LogP contribution < -0.4 is 0 Å². The Labute approximate surface area is 182 Å². The zero-order valence-electron chi connectivity index (χ0n) is 18.0. The first-order valence-corrected chi connectivity index (χ1v) is 11.9. The van der Waals surface area contributed by atoms with Crippen molar-refractivity contribution in [2.24, 2.45) is 5.92 Å². The van der Waals surface area contributed by atoms with E-state index in [2.05, 4.69) is 30.3 Å². The summed E-state index contributed by atoms with van der Waals surface area (Å²) in [7, 11) is -3.76. The van der Waals surface area contributed by atoms with Gasteiger partial charge in [0.15, 0.2) is 0 Å². The molecule has 4 rings (SSSR count). The van der Waals surface area contributed by atoms with Crippen molar-refractivity contribution in [3.8, 4) is 6.07 Å². The van der Waals surface area contributed by atoms with Crippen molar-refractivity contribution in [1.82, 2.24) is 14.5 Å². The molecule has 0 amide bonds. The number of rotatable bonds is 4. The van der Waals surface area contributed by atoms with Gasteiger partial charge in [0.2, 0.25) is 9.84 Å². The van der Waals surface area contributed by atoms with Gasteiger partial charge in [0.05, 0.1) is 20.8 Å². The van der Waals surface area contributed by atoms with Gasteiger partial charge in [0.25, 0.3) is 0 Å². The molecule has 1 aliphatic rings. The number of hydrogen-bond donors (Lipinski definition) is 0. The third kappa shape index (κ3) is 4.21. The van der Waals surface area contributed by atoms with Crippen molar-refractivity contribution in [3.63, 3.8) is 0 Å². The first-order valence-electron chi connectivity index (χ1n) is 10.4. The average Bonchev–Trinajstić information content (AvgIpc) is 3.13. The second-order valence-electron chi connectivity index (χ2n) is 9.00. The molecule has 1 fully saturated rings. The molecule has 0 atom stereocenters. The number of benzene rings is 1. The fourth-order valence-corrected chi connectivity index (χ4v) is 5.19. The van der Waals surface area contributed by atoms with Crippen LogP contribution >= 0.6 is 0 Å². The molecule has 0 radical (unpaired) electrons. The minimum atomic E-state index is -3.76. The van der Waals surface area contributed by atoms with E-state index in [4.69, 9.17) is 15.0 Å². The summed E-state index contributed by atoms with van der Waals surface area (Å²) >= 11 is 0. The predicted molar refractivity (Wildman–Crippen MR) is 116 cm³/mol. The second kappa shape index (κ2) is 8.06. The fourth-order valence-electron chi connectivity index (χ4n) is 3.96. The van der Waals surface area contributed by atoms with E-state index in [0.29, 0.717) is 11.4 Å². The van der Waals surface area contributed by atoms with Gasteiger partial charge >= 0.3 is 0 Å². The highest BCUT2D eigenvalue weighted by atomic mass is 32.2. The Kier molecular flexibility index (Phi) is 5.58. The van der Waals surface area contributed by atoms with Crippen molar-refractivity contribution in [2.75, 3.05) is 13.2 Å². The molecule has 8 heteroatoms. The predicted octanol–water partition coefficient (Wildman–Crippen LogP) is 3.86. The van der Waals surface area contributed by atoms with Gasteiger partial charge in [-0.15, -0.1) is 0 Å². The Morgan fingerprint density at radius 1 is 1.16 bits per heavy atom. The number of ether oxygens (including phenoxy) is 1. The van der Waals surface area contributed by atoms with Crippen LogP contribution in [-0.2, 0) is 26.5 Å². The fraction of sp³-hybridized carbons (Fsp3) is 0.435. The summed E-state index contributed by atoms with van der Waals surface area (Å²) in [5.74, 6) is 1.46. The summed E-state index contributed by atoms with van der Waals surface area (Å²) in [5.41, 5.74) is 1.60. The van der Waals surface area contributed by atoms with Gasteiger partial charge in [-0.1, -0.05) is 20.8 Å². The van der Waals surface area contributed by atoms with Gasteiger partial charge in [0.1, 0.15) is 17.6 Å². The van der Waals surface area contributed by atoms with Crippen molar-refractivity contribution in [3.05, 3.63) is 48.0 Å². The summed E-state index contributed by atoms with van der Waals surface area (Å²) in [6, 6.07) is 9.84. The second-order valence-corrected chi connectivity index (χ2v) is 10.9. The monoisotopic (exact) mass is 438 g/mol. The molecule has 2 aromatic heterocycles. The SMILES string of the molecule is CC(C)(C)c1nc2cc(S(=O)(=O)c3ccc(C#N)nc3)ccc2n1CC1CCOCC1. The van der Waals surface area contributed by atoms with Crippen LogP contribution in [0, 0.1) is 17.2 Å². The Balaban J connectivity index is 1.77. The number of sulfone groups is 1. The zero-order valence-corrected chi connectivity index (χ0v) is 18.8. The highest BCUT2D eigenvalue weighted by Crippen LogP contribution is 2.31. The number of nitriles is 1. The van der Waals surface area contributed by atoms with Crippen LogP contribution in [0.3, 0.4) is 0 Å². The molecule has 0 saturated carbocycles. The summed E-state index contributed by atoms with van der Waals surface area (Å²) in [6.07, 6.45) is 3.26. The highest BCUT2D eigenvalue weighted by molar-refractivity contribution is 7.91. The molecule has 1 aromatic carbocycles. The third-order valence-corrected chi connectivity index (χ3v) is 7.38. The van der Waals surface area contributed by atoms with E-state index in [1.807, 2.05) is 12.1 Å². The van der Waals surface area contributed by atoms with Gasteiger partial charge in [0, 0.05) is 31.4 Å². The Bertz CT molecular complexity index is 1240. The molecule has 3 aromatic rings. The zero-order chi connectivity index (χ0) is 22.2. The summed E-state index contributed by atoms with van der Waals surface area (Å²) in [5, 5.41) is 8.90. The third-order valence-electron chi connectivity index (χ3n) is 5.64.